The second-order valence-corrected chi connectivity index (χ2v) is 11.1. The zero-order valence-electron chi connectivity index (χ0n) is 25.6. The van der Waals surface area contributed by atoms with E-state index in [4.69, 9.17) is 14.2 Å². The molecule has 0 aliphatic heterocycles. The van der Waals surface area contributed by atoms with E-state index in [1.807, 2.05) is 72.8 Å². The highest BCUT2D eigenvalue weighted by atomic mass is 16.6. The lowest BCUT2D eigenvalue weighted by molar-refractivity contribution is -0.147. The summed E-state index contributed by atoms with van der Waals surface area (Å²) in [5, 5.41) is 7.82. The molecular formula is C34H41N3O7. The molecule has 234 valence electrons. The number of carbonyl (C=O) groups is 4. The summed E-state index contributed by atoms with van der Waals surface area (Å²) >= 11 is 0. The Morgan fingerprint density at radius 2 is 1.30 bits per heavy atom. The molecule has 0 heterocycles. The van der Waals surface area contributed by atoms with Gasteiger partial charge in [-0.05, 0) is 56.5 Å². The van der Waals surface area contributed by atoms with E-state index in [0.717, 1.165) is 16.7 Å². The van der Waals surface area contributed by atoms with E-state index in [0.29, 0.717) is 12.4 Å². The highest BCUT2D eigenvalue weighted by molar-refractivity contribution is 5.92. The predicted octanol–water partition coefficient (Wildman–Crippen LogP) is 4.11. The normalized spacial score (nSPS) is 12.3. The van der Waals surface area contributed by atoms with Gasteiger partial charge in [0, 0.05) is 12.8 Å². The van der Waals surface area contributed by atoms with Crippen LogP contribution in [0.15, 0.2) is 84.9 Å². The fourth-order valence-electron chi connectivity index (χ4n) is 4.18. The van der Waals surface area contributed by atoms with Crippen LogP contribution in [0.4, 0.5) is 4.79 Å². The third-order valence-electron chi connectivity index (χ3n) is 6.23. The number of hydrogen-bond acceptors (Lipinski definition) is 7. The summed E-state index contributed by atoms with van der Waals surface area (Å²) in [7, 11) is 0. The van der Waals surface area contributed by atoms with Crippen LogP contribution in [0.3, 0.4) is 0 Å². The number of ether oxygens (including phenoxy) is 3. The minimum atomic E-state index is -1.03. The lowest BCUT2D eigenvalue weighted by Crippen LogP contribution is -2.54. The summed E-state index contributed by atoms with van der Waals surface area (Å²) in [4.78, 5) is 51.2. The van der Waals surface area contributed by atoms with Crippen molar-refractivity contribution in [2.45, 2.75) is 64.8 Å². The van der Waals surface area contributed by atoms with Gasteiger partial charge in [-0.1, -0.05) is 72.8 Å². The maximum absolute atomic E-state index is 13.5. The first-order valence-corrected chi connectivity index (χ1v) is 14.5. The van der Waals surface area contributed by atoms with E-state index in [-0.39, 0.29) is 19.4 Å². The van der Waals surface area contributed by atoms with Gasteiger partial charge in [-0.2, -0.15) is 0 Å². The van der Waals surface area contributed by atoms with Crippen molar-refractivity contribution in [2.75, 3.05) is 13.2 Å². The largest absolute Gasteiger partial charge is 0.489 e. The molecule has 0 aliphatic carbocycles. The van der Waals surface area contributed by atoms with Crippen LogP contribution in [-0.4, -0.2) is 54.7 Å². The van der Waals surface area contributed by atoms with E-state index in [1.54, 1.807) is 39.8 Å². The molecule has 0 radical (unpaired) electrons. The zero-order chi connectivity index (χ0) is 32.0. The molecule has 2 atom stereocenters. The average molecular weight is 604 g/mol. The Hall–Kier alpha value is -4.86. The van der Waals surface area contributed by atoms with Gasteiger partial charge in [0.25, 0.3) is 0 Å². The maximum atomic E-state index is 13.5. The van der Waals surface area contributed by atoms with Gasteiger partial charge >= 0.3 is 12.1 Å². The molecule has 3 rings (SSSR count). The van der Waals surface area contributed by atoms with Crippen LogP contribution in [-0.2, 0) is 43.3 Å². The van der Waals surface area contributed by atoms with Gasteiger partial charge in [-0.25, -0.2) is 9.59 Å². The van der Waals surface area contributed by atoms with Crippen molar-refractivity contribution in [1.82, 2.24) is 16.0 Å². The summed E-state index contributed by atoms with van der Waals surface area (Å²) in [5.74, 6) is -1.09. The second kappa shape index (κ2) is 16.7. The van der Waals surface area contributed by atoms with Gasteiger partial charge in [0.1, 0.15) is 36.6 Å². The van der Waals surface area contributed by atoms with Gasteiger partial charge in [0.2, 0.25) is 11.8 Å². The molecule has 0 aromatic heterocycles. The van der Waals surface area contributed by atoms with Crippen molar-refractivity contribution in [3.63, 3.8) is 0 Å². The zero-order valence-corrected chi connectivity index (χ0v) is 25.6. The van der Waals surface area contributed by atoms with Crippen LogP contribution >= 0.6 is 0 Å². The molecule has 44 heavy (non-hydrogen) atoms. The molecule has 0 saturated heterocycles. The Kier molecular flexibility index (Phi) is 12.8. The molecule has 0 bridgehead atoms. The molecule has 0 unspecified atom stereocenters. The Balaban J connectivity index is 1.68. The van der Waals surface area contributed by atoms with Gasteiger partial charge in [0.05, 0.1) is 6.61 Å². The first-order chi connectivity index (χ1) is 21.0. The van der Waals surface area contributed by atoms with Crippen LogP contribution in [0.2, 0.25) is 0 Å². The summed E-state index contributed by atoms with van der Waals surface area (Å²) in [5.41, 5.74) is 1.89. The topological polar surface area (TPSA) is 132 Å². The molecule has 0 spiro atoms. The smallest absolute Gasteiger partial charge is 0.408 e. The predicted molar refractivity (Wildman–Crippen MR) is 166 cm³/mol. The van der Waals surface area contributed by atoms with E-state index >= 15 is 0 Å². The summed E-state index contributed by atoms with van der Waals surface area (Å²) < 4.78 is 16.3. The van der Waals surface area contributed by atoms with E-state index in [2.05, 4.69) is 16.0 Å². The van der Waals surface area contributed by atoms with Crippen molar-refractivity contribution in [3.8, 4) is 5.75 Å². The summed E-state index contributed by atoms with van der Waals surface area (Å²) in [6.07, 6.45) is -0.431. The minimum absolute atomic E-state index is 0.137. The molecule has 3 aromatic carbocycles. The first-order valence-electron chi connectivity index (χ1n) is 14.5. The standard InChI is InChI=1S/C34H41N3O7/c1-5-42-32(40)29(21-25-16-18-27(19-17-25)43-23-26-14-10-7-11-15-26)37-31(39)28(20-24-12-8-6-9-13-24)36-30(38)22-35-33(41)44-34(2,3)4/h6-19,28-29H,5,20-23H2,1-4H3,(H,35,41)(H,36,38)(H,37,39)/t28-,29-/m1/s1. The van der Waals surface area contributed by atoms with Crippen LogP contribution in [0.25, 0.3) is 0 Å². The lowest BCUT2D eigenvalue weighted by atomic mass is 10.0. The Morgan fingerprint density at radius 3 is 1.89 bits per heavy atom. The van der Waals surface area contributed by atoms with Crippen LogP contribution < -0.4 is 20.7 Å². The van der Waals surface area contributed by atoms with Gasteiger partial charge in [0.15, 0.2) is 0 Å². The number of esters is 1. The molecule has 0 aliphatic rings. The fraction of sp³-hybridized carbons (Fsp3) is 0.353. The van der Waals surface area contributed by atoms with Crippen molar-refractivity contribution in [2.24, 2.45) is 0 Å². The quantitative estimate of drug-likeness (QED) is 0.236. The highest BCUT2D eigenvalue weighted by Gasteiger charge is 2.28. The molecule has 0 fully saturated rings. The number of carbonyl (C=O) groups excluding carboxylic acids is 4. The SMILES string of the molecule is CCOC(=O)[C@@H](Cc1ccc(OCc2ccccc2)cc1)NC(=O)[C@@H](Cc1ccccc1)NC(=O)CNC(=O)OC(C)(C)C. The number of nitrogens with one attached hydrogen (secondary N) is 3. The lowest BCUT2D eigenvalue weighted by Gasteiger charge is -2.23. The number of rotatable bonds is 14. The Bertz CT molecular complexity index is 1360. The average Bonchev–Trinajstić information content (AvgIpc) is 2.99. The minimum Gasteiger partial charge on any atom is -0.489 e. The van der Waals surface area contributed by atoms with Gasteiger partial charge in [-0.3, -0.25) is 9.59 Å². The van der Waals surface area contributed by atoms with Crippen LogP contribution in [0.5, 0.6) is 5.75 Å². The van der Waals surface area contributed by atoms with Crippen molar-refractivity contribution in [1.29, 1.82) is 0 Å². The van der Waals surface area contributed by atoms with Crippen molar-refractivity contribution < 1.29 is 33.4 Å². The molecule has 10 nitrogen and oxygen atoms in total. The third-order valence-corrected chi connectivity index (χ3v) is 6.23. The molecule has 3 N–H and O–H groups in total. The molecule has 10 heteroatoms. The highest BCUT2D eigenvalue weighted by Crippen LogP contribution is 2.16. The molecule has 3 aromatic rings. The monoisotopic (exact) mass is 603 g/mol. The first kappa shape index (κ1) is 33.6. The van der Waals surface area contributed by atoms with Crippen LogP contribution in [0.1, 0.15) is 44.4 Å². The van der Waals surface area contributed by atoms with Gasteiger partial charge < -0.3 is 30.2 Å². The number of alkyl carbamates (subject to hydrolysis) is 1. The van der Waals surface area contributed by atoms with Gasteiger partial charge in [-0.15, -0.1) is 0 Å². The molecule has 0 saturated carbocycles. The third kappa shape index (κ3) is 12.2. The molecule has 3 amide bonds. The van der Waals surface area contributed by atoms with Crippen molar-refractivity contribution in [3.05, 3.63) is 102 Å². The number of amides is 3. The fourth-order valence-corrected chi connectivity index (χ4v) is 4.18. The number of benzene rings is 3. The summed E-state index contributed by atoms with van der Waals surface area (Å²) in [6.45, 7) is 6.98. The second-order valence-electron chi connectivity index (χ2n) is 11.1. The maximum Gasteiger partial charge on any atom is 0.408 e. The van der Waals surface area contributed by atoms with E-state index < -0.39 is 48.1 Å². The van der Waals surface area contributed by atoms with Crippen molar-refractivity contribution >= 4 is 23.9 Å². The van der Waals surface area contributed by atoms with Crippen LogP contribution in [0, 0.1) is 0 Å². The van der Waals surface area contributed by atoms with E-state index in [1.165, 1.54) is 0 Å². The Labute approximate surface area is 258 Å². The number of hydrogen-bond donors (Lipinski definition) is 3. The summed E-state index contributed by atoms with van der Waals surface area (Å²) in [6, 6.07) is 24.2. The molecular weight excluding hydrogens is 562 g/mol. The Morgan fingerprint density at radius 1 is 0.727 bits per heavy atom. The van der Waals surface area contributed by atoms with E-state index in [9.17, 15) is 19.2 Å².